The van der Waals surface area contributed by atoms with Gasteiger partial charge in [0.05, 0.1) is 18.3 Å². The van der Waals surface area contributed by atoms with Gasteiger partial charge < -0.3 is 4.74 Å². The van der Waals surface area contributed by atoms with Crippen molar-refractivity contribution in [3.05, 3.63) is 70.6 Å². The van der Waals surface area contributed by atoms with Crippen LogP contribution >= 0.6 is 0 Å². The first-order chi connectivity index (χ1) is 14.7. The number of fused-ring (bicyclic) bond motifs is 1. The van der Waals surface area contributed by atoms with Crippen LogP contribution in [0.5, 0.6) is 5.75 Å². The molecule has 3 heterocycles. The van der Waals surface area contributed by atoms with Crippen LogP contribution in [0, 0.1) is 0 Å². The Morgan fingerprint density at radius 2 is 2.00 bits per heavy atom. The number of benzene rings is 1. The predicted molar refractivity (Wildman–Crippen MR) is 117 cm³/mol. The molecule has 1 radical (unpaired) electrons. The zero-order valence-corrected chi connectivity index (χ0v) is 19.3. The first-order valence-electron chi connectivity index (χ1n) is 9.60. The molecule has 4 rings (SSSR count). The summed E-state index contributed by atoms with van der Waals surface area (Å²) >= 11 is 0. The molecule has 0 saturated heterocycles. The quantitative estimate of drug-likeness (QED) is 0.346. The number of nitrogens with zero attached hydrogens (tertiary/aromatic N) is 4. The van der Waals surface area contributed by atoms with Gasteiger partial charge in [0.15, 0.2) is 0 Å². The van der Waals surface area contributed by atoms with Gasteiger partial charge in [-0.05, 0) is 35.4 Å². The van der Waals surface area contributed by atoms with Crippen molar-refractivity contribution in [3.8, 4) is 16.9 Å². The Morgan fingerprint density at radius 3 is 2.71 bits per heavy atom. The Balaban J connectivity index is 0.00000272. The summed E-state index contributed by atoms with van der Waals surface area (Å²) in [5, 5.41) is 15.5. The first-order valence-corrected chi connectivity index (χ1v) is 9.60. The molecule has 0 unspecified atom stereocenters. The van der Waals surface area contributed by atoms with Crippen LogP contribution in [0.25, 0.3) is 16.6 Å². The van der Waals surface area contributed by atoms with Gasteiger partial charge in [0.1, 0.15) is 11.3 Å². The number of hydrogen-bond acceptors (Lipinski definition) is 6. The molecule has 0 spiro atoms. The van der Waals surface area contributed by atoms with Crippen LogP contribution in [0.2, 0.25) is 0 Å². The van der Waals surface area contributed by atoms with E-state index in [1.165, 1.54) is 4.40 Å². The molecule has 4 aromatic rings. The number of ether oxygens (including phenoxy) is 1. The first kappa shape index (κ1) is 22.7. The van der Waals surface area contributed by atoms with Gasteiger partial charge in [0.2, 0.25) is 0 Å². The van der Waals surface area contributed by atoms with Crippen molar-refractivity contribution >= 4 is 46.9 Å². The van der Waals surface area contributed by atoms with Gasteiger partial charge in [-0.15, -0.1) is 5.10 Å². The van der Waals surface area contributed by atoms with Crippen molar-refractivity contribution < 1.29 is 9.53 Å². The molecule has 153 valence electrons. The Morgan fingerprint density at radius 1 is 1.19 bits per heavy atom. The third-order valence-electron chi connectivity index (χ3n) is 4.60. The van der Waals surface area contributed by atoms with Crippen molar-refractivity contribution in [2.45, 2.75) is 19.8 Å². The number of pyridine rings is 2. The van der Waals surface area contributed by atoms with E-state index in [0.717, 1.165) is 24.0 Å². The van der Waals surface area contributed by atoms with E-state index in [1.807, 2.05) is 42.5 Å². The smallest absolute Gasteiger partial charge is 0.270 e. The van der Waals surface area contributed by atoms with Crippen LogP contribution in [-0.4, -0.2) is 67.1 Å². The fraction of sp³-hybridized carbons (Fsp3) is 0.190. The molecule has 0 aliphatic rings. The maximum absolute atomic E-state index is 13.1. The minimum absolute atomic E-state index is 0. The summed E-state index contributed by atoms with van der Waals surface area (Å²) < 4.78 is 7.19. The van der Waals surface area contributed by atoms with Crippen molar-refractivity contribution in [1.82, 2.24) is 25.0 Å². The number of hydrogen-bond donors (Lipinski definition) is 2. The van der Waals surface area contributed by atoms with Gasteiger partial charge in [0, 0.05) is 35.1 Å². The molecule has 10 heteroatoms. The van der Waals surface area contributed by atoms with Crippen LogP contribution in [0.4, 0.5) is 5.95 Å². The molecular weight excluding hydrogens is 407 g/mol. The largest absolute Gasteiger partial charge is 0.492 e. The molecule has 0 saturated carbocycles. The van der Waals surface area contributed by atoms with Crippen LogP contribution in [0.15, 0.2) is 59.5 Å². The molecule has 0 aliphatic carbocycles. The average Bonchev–Trinajstić information content (AvgIpc) is 3.28. The fourth-order valence-electron chi connectivity index (χ4n) is 3.09. The van der Waals surface area contributed by atoms with Crippen molar-refractivity contribution in [2.24, 2.45) is 0 Å². The minimum atomic E-state index is -0.620. The molecule has 31 heavy (non-hydrogen) atoms. The van der Waals surface area contributed by atoms with Gasteiger partial charge in [-0.25, -0.2) is 0 Å². The Hall–Kier alpha value is -3.01. The molecule has 0 bridgehead atoms. The third-order valence-corrected chi connectivity index (χ3v) is 4.60. The summed E-state index contributed by atoms with van der Waals surface area (Å²) in [6, 6.07) is 14.8. The predicted octanol–water partition coefficient (Wildman–Crippen LogP) is 2.53. The molecule has 1 aromatic carbocycles. The number of rotatable bonds is 7. The molecular formula is C21H20N6NaO3. The minimum Gasteiger partial charge on any atom is -0.492 e. The number of amides is 1. The van der Waals surface area contributed by atoms with Crippen LogP contribution in [0.1, 0.15) is 30.1 Å². The average molecular weight is 427 g/mol. The summed E-state index contributed by atoms with van der Waals surface area (Å²) in [7, 11) is 0. The number of carbonyl (C=O) groups is 1. The number of carbonyl (C=O) groups excluding carboxylic acids is 1. The van der Waals surface area contributed by atoms with Gasteiger partial charge in [0.25, 0.3) is 17.4 Å². The molecule has 0 fully saturated rings. The summed E-state index contributed by atoms with van der Waals surface area (Å²) in [4.78, 5) is 25.9. The van der Waals surface area contributed by atoms with E-state index in [2.05, 4.69) is 32.9 Å². The van der Waals surface area contributed by atoms with Gasteiger partial charge in [-0.1, -0.05) is 48.8 Å². The van der Waals surface area contributed by atoms with E-state index in [0.29, 0.717) is 17.9 Å². The van der Waals surface area contributed by atoms with Crippen molar-refractivity contribution in [1.29, 1.82) is 0 Å². The zero-order valence-electron chi connectivity index (χ0n) is 17.3. The third kappa shape index (κ3) is 5.01. The van der Waals surface area contributed by atoms with E-state index >= 15 is 0 Å². The Labute approximate surface area is 200 Å². The summed E-state index contributed by atoms with van der Waals surface area (Å²) in [5.41, 5.74) is 1.79. The second kappa shape index (κ2) is 10.3. The molecule has 9 nitrogen and oxygen atoms in total. The molecule has 3 aromatic heterocycles. The SMILES string of the molecule is CCCCOc1ccc2c(-c3ccccc3)cc(C(=O)Nc3nn[nH]n3)c(=O)n2c1.[Na]. The summed E-state index contributed by atoms with van der Waals surface area (Å²) in [6.45, 7) is 2.63. The van der Waals surface area contributed by atoms with Crippen molar-refractivity contribution in [3.63, 3.8) is 0 Å². The van der Waals surface area contributed by atoms with E-state index in [-0.39, 0.29) is 41.1 Å². The Bertz CT molecular complexity index is 1230. The normalized spacial score (nSPS) is 10.5. The molecule has 2 N–H and O–H groups in total. The maximum Gasteiger partial charge on any atom is 0.270 e. The van der Waals surface area contributed by atoms with E-state index in [4.69, 9.17) is 4.74 Å². The molecule has 0 atom stereocenters. The molecule has 0 aliphatic heterocycles. The number of unbranched alkanes of at least 4 members (excludes halogenated alkanes) is 1. The fourth-order valence-corrected chi connectivity index (χ4v) is 3.09. The number of H-pyrrole nitrogens is 1. The van der Waals surface area contributed by atoms with Crippen LogP contribution in [-0.2, 0) is 0 Å². The number of aromatic nitrogens is 5. The van der Waals surface area contributed by atoms with Crippen LogP contribution < -0.4 is 15.6 Å². The van der Waals surface area contributed by atoms with Crippen LogP contribution in [0.3, 0.4) is 0 Å². The van der Waals surface area contributed by atoms with E-state index in [1.54, 1.807) is 12.3 Å². The van der Waals surface area contributed by atoms with Gasteiger partial charge in [-0.2, -0.15) is 5.21 Å². The Kier molecular flexibility index (Phi) is 7.56. The zero-order chi connectivity index (χ0) is 20.9. The number of nitrogens with one attached hydrogen (secondary N) is 2. The topological polar surface area (TPSA) is 114 Å². The molecule has 1 amide bonds. The summed E-state index contributed by atoms with van der Waals surface area (Å²) in [5.74, 6) is -0.0690. The maximum atomic E-state index is 13.1. The second-order valence-electron chi connectivity index (χ2n) is 6.65. The second-order valence-corrected chi connectivity index (χ2v) is 6.65. The van der Waals surface area contributed by atoms with E-state index < -0.39 is 11.5 Å². The monoisotopic (exact) mass is 427 g/mol. The number of tetrazole rings is 1. The van der Waals surface area contributed by atoms with Crippen molar-refractivity contribution in [2.75, 3.05) is 11.9 Å². The van der Waals surface area contributed by atoms with E-state index in [9.17, 15) is 9.59 Å². The standard InChI is InChI=1S/C21H20N6O3.Na/c1-2-3-11-30-15-9-10-18-16(14-7-5-4-6-8-14)12-17(20(29)27(18)13-15)19(28)22-21-23-25-26-24-21;/h4-10,12-13H,2-3,11H2,1H3,(H2,22,23,24,25,26,28);. The number of aromatic amines is 1. The van der Waals surface area contributed by atoms with Gasteiger partial charge in [-0.3, -0.25) is 19.3 Å². The summed E-state index contributed by atoms with van der Waals surface area (Å²) in [6.07, 6.45) is 3.53. The van der Waals surface area contributed by atoms with Gasteiger partial charge >= 0.3 is 0 Å². The number of anilines is 1.